The van der Waals surface area contributed by atoms with Crippen LogP contribution in [-0.4, -0.2) is 30.1 Å². The van der Waals surface area contributed by atoms with Crippen LogP contribution in [0.5, 0.6) is 5.75 Å². The fourth-order valence-corrected chi connectivity index (χ4v) is 1.50. The highest BCUT2D eigenvalue weighted by molar-refractivity contribution is 5.74. The van der Waals surface area contributed by atoms with E-state index in [1.807, 2.05) is 0 Å². The molecule has 1 aromatic rings. The number of aryl methyl sites for hydroxylation is 1. The zero-order chi connectivity index (χ0) is 15.7. The maximum atomic E-state index is 11.4. The van der Waals surface area contributed by atoms with E-state index < -0.39 is 17.2 Å². The molecule has 1 unspecified atom stereocenters. The average molecular weight is 296 g/mol. The van der Waals surface area contributed by atoms with Crippen LogP contribution in [0, 0.1) is 10.1 Å². The van der Waals surface area contributed by atoms with E-state index in [1.54, 1.807) is 24.3 Å². The highest BCUT2D eigenvalue weighted by Crippen LogP contribution is 2.13. The van der Waals surface area contributed by atoms with Gasteiger partial charge in [0.1, 0.15) is 12.0 Å². The normalized spacial score (nSPS) is 11.3. The third-order valence-corrected chi connectivity index (χ3v) is 2.49. The maximum absolute atomic E-state index is 11.4. The molecule has 0 fully saturated rings. The van der Waals surface area contributed by atoms with Crippen LogP contribution in [0.15, 0.2) is 24.3 Å². The molecule has 1 atom stereocenters. The number of carbonyl (C=O) groups is 2. The van der Waals surface area contributed by atoms with Gasteiger partial charge in [0.2, 0.25) is 0 Å². The van der Waals surface area contributed by atoms with Crippen molar-refractivity contribution in [2.24, 2.45) is 0 Å². The van der Waals surface area contributed by atoms with E-state index in [0.29, 0.717) is 24.9 Å². The van der Waals surface area contributed by atoms with Gasteiger partial charge in [-0.25, -0.2) is 4.79 Å². The van der Waals surface area contributed by atoms with Crippen molar-refractivity contribution in [1.82, 2.24) is 5.32 Å². The molecule has 0 aromatic heterocycles. The fraction of sp³-hybridized carbons (Fsp3) is 0.385. The summed E-state index contributed by atoms with van der Waals surface area (Å²) in [5.41, 5.74) is 0.941. The Kier molecular flexibility index (Phi) is 6.66. The summed E-state index contributed by atoms with van der Waals surface area (Å²) in [6, 6.07) is 6.10. The number of nitrogens with one attached hydrogen (secondary N) is 1. The Morgan fingerprint density at radius 1 is 1.43 bits per heavy atom. The van der Waals surface area contributed by atoms with Crippen LogP contribution < -0.4 is 10.1 Å². The van der Waals surface area contributed by atoms with Gasteiger partial charge in [-0.15, -0.1) is 10.1 Å². The Balaban J connectivity index is 2.37. The minimum atomic E-state index is -0.824. The Hall–Kier alpha value is -2.64. The molecule has 1 aromatic carbocycles. The second kappa shape index (κ2) is 8.51. The first-order valence-electron chi connectivity index (χ1n) is 6.31. The van der Waals surface area contributed by atoms with Gasteiger partial charge in [-0.2, -0.15) is 0 Å². The minimum absolute atomic E-state index is 0.0389. The highest BCUT2D eigenvalue weighted by Gasteiger charge is 2.08. The molecule has 21 heavy (non-hydrogen) atoms. The lowest BCUT2D eigenvalue weighted by molar-refractivity contribution is -0.757. The molecule has 0 spiro atoms. The van der Waals surface area contributed by atoms with Crippen molar-refractivity contribution < 1.29 is 24.3 Å². The number of hydrogen-bond donors (Lipinski definition) is 1. The molecule has 8 heteroatoms. The summed E-state index contributed by atoms with van der Waals surface area (Å²) in [5, 5.41) is 11.5. The standard InChI is InChI=1S/C13H16N2O6/c1-10(9-16)14-13(17)21-12-6-4-11(5-7-12)3-2-8-20-15(18)19/h4-7,9-10H,2-3,8H2,1H3,(H,14,17). The molecule has 0 heterocycles. The summed E-state index contributed by atoms with van der Waals surface area (Å²) in [5.74, 6) is 0.343. The quantitative estimate of drug-likeness (QED) is 0.337. The monoisotopic (exact) mass is 296 g/mol. The molecule has 0 aliphatic carbocycles. The summed E-state index contributed by atoms with van der Waals surface area (Å²) in [4.78, 5) is 35.9. The molecule has 1 N–H and O–H groups in total. The van der Waals surface area contributed by atoms with Crippen LogP contribution in [0.25, 0.3) is 0 Å². The van der Waals surface area contributed by atoms with E-state index >= 15 is 0 Å². The molecule has 1 amide bonds. The second-order valence-electron chi connectivity index (χ2n) is 4.26. The number of amides is 1. The summed E-state index contributed by atoms with van der Waals surface area (Å²) < 4.78 is 4.98. The lowest BCUT2D eigenvalue weighted by atomic mass is 10.1. The van der Waals surface area contributed by atoms with E-state index in [4.69, 9.17) is 4.74 Å². The molecule has 0 radical (unpaired) electrons. The van der Waals surface area contributed by atoms with Crippen LogP contribution in [0.4, 0.5) is 4.79 Å². The van der Waals surface area contributed by atoms with Crippen LogP contribution in [-0.2, 0) is 16.1 Å². The zero-order valence-electron chi connectivity index (χ0n) is 11.5. The first-order valence-corrected chi connectivity index (χ1v) is 6.31. The number of carbonyl (C=O) groups excluding carboxylic acids is 2. The molecular formula is C13H16N2O6. The van der Waals surface area contributed by atoms with E-state index in [2.05, 4.69) is 10.2 Å². The van der Waals surface area contributed by atoms with Crippen LogP contribution in [0.3, 0.4) is 0 Å². The fourth-order valence-electron chi connectivity index (χ4n) is 1.50. The van der Waals surface area contributed by atoms with Crippen molar-refractivity contribution in [3.63, 3.8) is 0 Å². The van der Waals surface area contributed by atoms with E-state index in [-0.39, 0.29) is 6.61 Å². The van der Waals surface area contributed by atoms with Crippen molar-refractivity contribution >= 4 is 12.4 Å². The zero-order valence-corrected chi connectivity index (χ0v) is 11.5. The second-order valence-corrected chi connectivity index (χ2v) is 4.26. The highest BCUT2D eigenvalue weighted by atomic mass is 16.9. The van der Waals surface area contributed by atoms with Crippen molar-refractivity contribution in [3.8, 4) is 5.75 Å². The lowest BCUT2D eigenvalue weighted by Crippen LogP contribution is -2.35. The van der Waals surface area contributed by atoms with Gasteiger partial charge in [-0.1, -0.05) is 12.1 Å². The van der Waals surface area contributed by atoms with Gasteiger partial charge in [0.05, 0.1) is 12.6 Å². The van der Waals surface area contributed by atoms with E-state index in [0.717, 1.165) is 5.56 Å². The van der Waals surface area contributed by atoms with Crippen molar-refractivity contribution in [3.05, 3.63) is 39.9 Å². The topological polar surface area (TPSA) is 108 Å². The molecule has 114 valence electrons. The number of nitrogens with zero attached hydrogens (tertiary/aromatic N) is 1. The number of hydrogen-bond acceptors (Lipinski definition) is 6. The molecule has 0 aliphatic heterocycles. The van der Waals surface area contributed by atoms with Gasteiger partial charge in [0.25, 0.3) is 5.09 Å². The number of rotatable bonds is 8. The third-order valence-electron chi connectivity index (χ3n) is 2.49. The van der Waals surface area contributed by atoms with Gasteiger partial charge in [-0.05, 0) is 37.5 Å². The predicted octanol–water partition coefficient (Wildman–Crippen LogP) is 1.50. The summed E-state index contributed by atoms with van der Waals surface area (Å²) in [7, 11) is 0. The van der Waals surface area contributed by atoms with Gasteiger partial charge < -0.3 is 19.7 Å². The summed E-state index contributed by atoms with van der Waals surface area (Å²) >= 11 is 0. The van der Waals surface area contributed by atoms with Gasteiger partial charge in [0, 0.05) is 0 Å². The summed E-state index contributed by atoms with van der Waals surface area (Å²) in [6.45, 7) is 1.57. The predicted molar refractivity (Wildman–Crippen MR) is 72.4 cm³/mol. The van der Waals surface area contributed by atoms with Crippen LogP contribution in [0.1, 0.15) is 18.9 Å². The van der Waals surface area contributed by atoms with Gasteiger partial charge in [0.15, 0.2) is 0 Å². The first-order chi connectivity index (χ1) is 10.0. The molecule has 0 aliphatic rings. The van der Waals surface area contributed by atoms with E-state index in [1.165, 1.54) is 6.92 Å². The number of benzene rings is 1. The maximum Gasteiger partial charge on any atom is 0.413 e. The Bertz CT molecular complexity index is 488. The van der Waals surface area contributed by atoms with Crippen LogP contribution >= 0.6 is 0 Å². The van der Waals surface area contributed by atoms with Crippen molar-refractivity contribution in [1.29, 1.82) is 0 Å². The SMILES string of the molecule is CC(C=O)NC(=O)Oc1ccc(CCCO[N+](=O)[O-])cc1. The molecule has 0 bridgehead atoms. The Morgan fingerprint density at radius 2 is 2.10 bits per heavy atom. The molecular weight excluding hydrogens is 280 g/mol. The number of ether oxygens (including phenoxy) is 1. The molecule has 8 nitrogen and oxygen atoms in total. The van der Waals surface area contributed by atoms with Crippen molar-refractivity contribution in [2.75, 3.05) is 6.61 Å². The molecule has 0 saturated carbocycles. The van der Waals surface area contributed by atoms with Crippen LogP contribution in [0.2, 0.25) is 0 Å². The minimum Gasteiger partial charge on any atom is -0.410 e. The average Bonchev–Trinajstić information content (AvgIpc) is 2.44. The van der Waals surface area contributed by atoms with Gasteiger partial charge in [-0.3, -0.25) is 0 Å². The van der Waals surface area contributed by atoms with Crippen molar-refractivity contribution in [2.45, 2.75) is 25.8 Å². The Morgan fingerprint density at radius 3 is 2.67 bits per heavy atom. The first kappa shape index (κ1) is 16.4. The Labute approximate surface area is 121 Å². The smallest absolute Gasteiger partial charge is 0.410 e. The third kappa shape index (κ3) is 6.90. The molecule has 1 rings (SSSR count). The molecule has 0 saturated heterocycles. The summed E-state index contributed by atoms with van der Waals surface area (Å²) in [6.07, 6.45) is 1.01. The largest absolute Gasteiger partial charge is 0.413 e. The lowest BCUT2D eigenvalue weighted by Gasteiger charge is -2.08. The number of aldehydes is 1. The van der Waals surface area contributed by atoms with Gasteiger partial charge >= 0.3 is 6.09 Å². The van der Waals surface area contributed by atoms with E-state index in [9.17, 15) is 19.7 Å².